The van der Waals surface area contributed by atoms with Crippen molar-refractivity contribution in [2.75, 3.05) is 18.0 Å². The molecular formula is C9H11F2N3. The molecule has 0 atom stereocenters. The summed E-state index contributed by atoms with van der Waals surface area (Å²) < 4.78 is 26.0. The van der Waals surface area contributed by atoms with Gasteiger partial charge in [-0.1, -0.05) is 0 Å². The maximum Gasteiger partial charge on any atom is 0.183 e. The Kier molecular flexibility index (Phi) is 2.56. The van der Waals surface area contributed by atoms with E-state index in [9.17, 15) is 8.78 Å². The van der Waals surface area contributed by atoms with Gasteiger partial charge in [0.25, 0.3) is 0 Å². The van der Waals surface area contributed by atoms with E-state index in [0.717, 1.165) is 6.20 Å². The van der Waals surface area contributed by atoms with Crippen molar-refractivity contribution in [1.82, 2.24) is 9.97 Å². The summed E-state index contributed by atoms with van der Waals surface area (Å²) >= 11 is 0. The van der Waals surface area contributed by atoms with E-state index in [2.05, 4.69) is 9.97 Å². The van der Waals surface area contributed by atoms with E-state index in [1.165, 1.54) is 6.33 Å². The molecule has 1 saturated heterocycles. The monoisotopic (exact) mass is 199 g/mol. The standard InChI is InChI=1S/C9H11F2N3/c10-7-1-3-14(4-2-7)9-8(11)5-12-6-13-9/h5-7H,1-4H2. The third-order valence-corrected chi connectivity index (χ3v) is 2.37. The molecule has 3 nitrogen and oxygen atoms in total. The van der Waals surface area contributed by atoms with Crippen LogP contribution in [0.5, 0.6) is 0 Å². The molecule has 0 spiro atoms. The second-order valence-corrected chi connectivity index (χ2v) is 3.36. The van der Waals surface area contributed by atoms with Crippen molar-refractivity contribution in [3.63, 3.8) is 0 Å². The Balaban J connectivity index is 2.12. The smallest absolute Gasteiger partial charge is 0.183 e. The van der Waals surface area contributed by atoms with Crippen LogP contribution >= 0.6 is 0 Å². The molecule has 0 bridgehead atoms. The normalized spacial score (nSPS) is 18.6. The molecular weight excluding hydrogens is 188 g/mol. The van der Waals surface area contributed by atoms with Crippen LogP contribution in [0, 0.1) is 5.82 Å². The first-order chi connectivity index (χ1) is 6.77. The van der Waals surface area contributed by atoms with Crippen LogP contribution in [0.15, 0.2) is 12.5 Å². The zero-order chi connectivity index (χ0) is 9.97. The number of halogens is 2. The number of alkyl halides is 1. The van der Waals surface area contributed by atoms with Gasteiger partial charge < -0.3 is 4.90 Å². The van der Waals surface area contributed by atoms with Gasteiger partial charge in [0.1, 0.15) is 12.5 Å². The molecule has 76 valence electrons. The van der Waals surface area contributed by atoms with Crippen molar-refractivity contribution in [3.8, 4) is 0 Å². The van der Waals surface area contributed by atoms with Gasteiger partial charge in [0, 0.05) is 13.1 Å². The van der Waals surface area contributed by atoms with Gasteiger partial charge in [-0.2, -0.15) is 0 Å². The third-order valence-electron chi connectivity index (χ3n) is 2.37. The van der Waals surface area contributed by atoms with Gasteiger partial charge in [-0.05, 0) is 12.8 Å². The van der Waals surface area contributed by atoms with Crippen molar-refractivity contribution in [2.45, 2.75) is 19.0 Å². The molecule has 1 aromatic heterocycles. The summed E-state index contributed by atoms with van der Waals surface area (Å²) in [5.74, 6) is -0.156. The Hall–Kier alpha value is -1.26. The summed E-state index contributed by atoms with van der Waals surface area (Å²) in [5.41, 5.74) is 0. The van der Waals surface area contributed by atoms with Crippen molar-refractivity contribution in [1.29, 1.82) is 0 Å². The Morgan fingerprint density at radius 3 is 2.71 bits per heavy atom. The fourth-order valence-corrected chi connectivity index (χ4v) is 1.60. The van der Waals surface area contributed by atoms with Crippen LogP contribution in [-0.4, -0.2) is 29.2 Å². The zero-order valence-corrected chi connectivity index (χ0v) is 7.66. The minimum absolute atomic E-state index is 0.284. The minimum Gasteiger partial charge on any atom is -0.354 e. The fourth-order valence-electron chi connectivity index (χ4n) is 1.60. The molecule has 2 heterocycles. The quantitative estimate of drug-likeness (QED) is 0.687. The fraction of sp³-hybridized carbons (Fsp3) is 0.556. The second-order valence-electron chi connectivity index (χ2n) is 3.36. The molecule has 0 unspecified atom stereocenters. The molecule has 0 radical (unpaired) electrons. The van der Waals surface area contributed by atoms with Crippen LogP contribution in [0.2, 0.25) is 0 Å². The molecule has 0 aromatic carbocycles. The van der Waals surface area contributed by atoms with E-state index in [-0.39, 0.29) is 5.82 Å². The Morgan fingerprint density at radius 1 is 1.36 bits per heavy atom. The maximum atomic E-state index is 13.2. The molecule has 14 heavy (non-hydrogen) atoms. The largest absolute Gasteiger partial charge is 0.354 e. The minimum atomic E-state index is -0.754. The summed E-state index contributed by atoms with van der Waals surface area (Å²) in [5, 5.41) is 0. The summed E-state index contributed by atoms with van der Waals surface area (Å²) in [4.78, 5) is 9.17. The van der Waals surface area contributed by atoms with Crippen molar-refractivity contribution in [2.24, 2.45) is 0 Å². The number of aromatic nitrogens is 2. The van der Waals surface area contributed by atoms with E-state index in [1.54, 1.807) is 4.90 Å². The van der Waals surface area contributed by atoms with Crippen LogP contribution in [0.4, 0.5) is 14.6 Å². The van der Waals surface area contributed by atoms with Gasteiger partial charge in [-0.25, -0.2) is 18.7 Å². The molecule has 2 rings (SSSR count). The third kappa shape index (κ3) is 1.81. The number of nitrogens with zero attached hydrogens (tertiary/aromatic N) is 3. The molecule has 0 amide bonds. The van der Waals surface area contributed by atoms with Crippen molar-refractivity contribution >= 4 is 5.82 Å². The van der Waals surface area contributed by atoms with E-state index in [0.29, 0.717) is 25.9 Å². The number of rotatable bonds is 1. The highest BCUT2D eigenvalue weighted by molar-refractivity contribution is 5.38. The Labute approximate surface area is 80.8 Å². The van der Waals surface area contributed by atoms with E-state index in [4.69, 9.17) is 0 Å². The molecule has 0 saturated carbocycles. The number of anilines is 1. The maximum absolute atomic E-state index is 13.2. The highest BCUT2D eigenvalue weighted by Crippen LogP contribution is 2.20. The molecule has 5 heteroatoms. The Morgan fingerprint density at radius 2 is 2.07 bits per heavy atom. The predicted molar refractivity (Wildman–Crippen MR) is 48.3 cm³/mol. The second kappa shape index (κ2) is 3.86. The van der Waals surface area contributed by atoms with Gasteiger partial charge in [-0.3, -0.25) is 0 Å². The lowest BCUT2D eigenvalue weighted by atomic mass is 10.1. The first kappa shape index (κ1) is 9.30. The van der Waals surface area contributed by atoms with Gasteiger partial charge in [0.15, 0.2) is 11.6 Å². The van der Waals surface area contributed by atoms with Crippen LogP contribution in [-0.2, 0) is 0 Å². The number of hydrogen-bond donors (Lipinski definition) is 0. The topological polar surface area (TPSA) is 29.0 Å². The first-order valence-electron chi connectivity index (χ1n) is 4.62. The first-order valence-corrected chi connectivity index (χ1v) is 4.62. The van der Waals surface area contributed by atoms with Crippen LogP contribution in [0.25, 0.3) is 0 Å². The Bertz CT molecular complexity index is 311. The average Bonchev–Trinajstić information content (AvgIpc) is 2.20. The highest BCUT2D eigenvalue weighted by atomic mass is 19.1. The molecule has 1 aliphatic rings. The zero-order valence-electron chi connectivity index (χ0n) is 7.66. The van der Waals surface area contributed by atoms with Crippen LogP contribution in [0.1, 0.15) is 12.8 Å². The van der Waals surface area contributed by atoms with Crippen molar-refractivity contribution in [3.05, 3.63) is 18.3 Å². The van der Waals surface area contributed by atoms with Crippen LogP contribution < -0.4 is 4.90 Å². The summed E-state index contributed by atoms with van der Waals surface area (Å²) in [6.07, 6.45) is 2.58. The lowest BCUT2D eigenvalue weighted by Crippen LogP contribution is -2.35. The molecule has 0 N–H and O–H groups in total. The number of piperidine rings is 1. The average molecular weight is 199 g/mol. The van der Waals surface area contributed by atoms with Gasteiger partial charge in [0.05, 0.1) is 6.20 Å². The van der Waals surface area contributed by atoms with Crippen LogP contribution in [0.3, 0.4) is 0 Å². The number of hydrogen-bond acceptors (Lipinski definition) is 3. The van der Waals surface area contributed by atoms with E-state index >= 15 is 0 Å². The van der Waals surface area contributed by atoms with Gasteiger partial charge in [-0.15, -0.1) is 0 Å². The molecule has 1 aromatic rings. The molecule has 0 aliphatic carbocycles. The SMILES string of the molecule is Fc1cncnc1N1CCC(F)CC1. The summed E-state index contributed by atoms with van der Waals surface area (Å²) in [6, 6.07) is 0. The van der Waals surface area contributed by atoms with Gasteiger partial charge in [0.2, 0.25) is 0 Å². The van der Waals surface area contributed by atoms with Gasteiger partial charge >= 0.3 is 0 Å². The highest BCUT2D eigenvalue weighted by Gasteiger charge is 2.21. The molecule has 1 fully saturated rings. The lowest BCUT2D eigenvalue weighted by Gasteiger charge is -2.29. The summed E-state index contributed by atoms with van der Waals surface area (Å²) in [7, 11) is 0. The molecule has 1 aliphatic heterocycles. The lowest BCUT2D eigenvalue weighted by molar-refractivity contribution is 0.276. The van der Waals surface area contributed by atoms with E-state index in [1.807, 2.05) is 0 Å². The van der Waals surface area contributed by atoms with Crippen molar-refractivity contribution < 1.29 is 8.78 Å². The predicted octanol–water partition coefficient (Wildman–Crippen LogP) is 1.55. The van der Waals surface area contributed by atoms with E-state index < -0.39 is 12.0 Å². The summed E-state index contributed by atoms with van der Waals surface area (Å²) in [6.45, 7) is 1.05.